The Balaban J connectivity index is 1.76. The zero-order valence-electron chi connectivity index (χ0n) is 19.6. The van der Waals surface area contributed by atoms with Gasteiger partial charge in [0.15, 0.2) is 5.75 Å². The number of hydrogen-bond donors (Lipinski definition) is 2. The van der Waals surface area contributed by atoms with E-state index in [0.29, 0.717) is 37.6 Å². The molecule has 3 rings (SSSR count). The average Bonchev–Trinajstić information content (AvgIpc) is 3.28. The Morgan fingerprint density at radius 3 is 2.62 bits per heavy atom. The fourth-order valence-electron chi connectivity index (χ4n) is 3.58. The van der Waals surface area contributed by atoms with Crippen molar-refractivity contribution in [2.24, 2.45) is 0 Å². The van der Waals surface area contributed by atoms with Crippen LogP contribution in [0.15, 0.2) is 16.2 Å². The van der Waals surface area contributed by atoms with Crippen LogP contribution in [0.1, 0.15) is 42.6 Å². The number of rotatable bonds is 11. The van der Waals surface area contributed by atoms with Gasteiger partial charge in [-0.05, 0) is 60.9 Å². The Morgan fingerprint density at radius 2 is 1.94 bits per heavy atom. The van der Waals surface area contributed by atoms with Gasteiger partial charge in [-0.15, -0.1) is 11.3 Å². The highest BCUT2D eigenvalue weighted by Crippen LogP contribution is 2.46. The molecule has 0 aliphatic carbocycles. The molecule has 0 spiro atoms. The number of carbonyl (C=O) groups is 1. The molecular formula is C23H28BrCl2N5O2S. The topological polar surface area (TPSA) is 79.4 Å². The summed E-state index contributed by atoms with van der Waals surface area (Å²) in [5.74, 6) is 0.778. The maximum absolute atomic E-state index is 13.2. The molecule has 0 aliphatic heterocycles. The summed E-state index contributed by atoms with van der Waals surface area (Å²) >= 11 is 17.8. The van der Waals surface area contributed by atoms with Crippen LogP contribution < -0.4 is 15.4 Å². The summed E-state index contributed by atoms with van der Waals surface area (Å²) in [6, 6.07) is 0. The largest absolute Gasteiger partial charge is 0.494 e. The van der Waals surface area contributed by atoms with E-state index in [1.807, 2.05) is 6.92 Å². The molecule has 0 unspecified atom stereocenters. The molecule has 1 aromatic carbocycles. The molecule has 1 amide bonds. The van der Waals surface area contributed by atoms with E-state index in [1.165, 1.54) is 24.8 Å². The van der Waals surface area contributed by atoms with E-state index in [9.17, 15) is 4.79 Å². The standard InChI is InChI=1S/C23H28BrCl2N5O2S/c1-5-31(6-2)10-8-7-9-27-22-21-18(28-12-29-22)14(11-34-21)23(32)30-19-16(25)13(3)15(24)20(33-4)17(19)26/h11-12H,5-10H2,1-4H3,(H,30,32)(H,27,28,29). The first-order valence-electron chi connectivity index (χ1n) is 11.0. The minimum Gasteiger partial charge on any atom is -0.494 e. The second-order valence-electron chi connectivity index (χ2n) is 7.64. The van der Waals surface area contributed by atoms with Gasteiger partial charge in [0.2, 0.25) is 0 Å². The van der Waals surface area contributed by atoms with E-state index < -0.39 is 0 Å². The fraction of sp³-hybridized carbons (Fsp3) is 0.435. The summed E-state index contributed by atoms with van der Waals surface area (Å²) in [5, 5.41) is 8.56. The van der Waals surface area contributed by atoms with Crippen molar-refractivity contribution in [3.8, 4) is 5.75 Å². The molecule has 34 heavy (non-hydrogen) atoms. The van der Waals surface area contributed by atoms with Gasteiger partial charge >= 0.3 is 0 Å². The molecule has 11 heteroatoms. The van der Waals surface area contributed by atoms with E-state index in [4.69, 9.17) is 27.9 Å². The molecule has 0 bridgehead atoms. The predicted molar refractivity (Wildman–Crippen MR) is 146 cm³/mol. The van der Waals surface area contributed by atoms with Gasteiger partial charge < -0.3 is 20.3 Å². The lowest BCUT2D eigenvalue weighted by molar-refractivity contribution is 0.102. The summed E-state index contributed by atoms with van der Waals surface area (Å²) in [7, 11) is 1.51. The zero-order valence-corrected chi connectivity index (χ0v) is 23.5. The molecule has 2 aromatic heterocycles. The third-order valence-electron chi connectivity index (χ3n) is 5.63. The number of nitrogens with zero attached hydrogens (tertiary/aromatic N) is 3. The number of hydrogen-bond acceptors (Lipinski definition) is 7. The second-order valence-corrected chi connectivity index (χ2v) is 10.1. The molecular weight excluding hydrogens is 561 g/mol. The number of thiophene rings is 1. The van der Waals surface area contributed by atoms with Crippen LogP contribution in [0.4, 0.5) is 11.5 Å². The van der Waals surface area contributed by atoms with Crippen LogP contribution in [-0.2, 0) is 0 Å². The maximum Gasteiger partial charge on any atom is 0.258 e. The van der Waals surface area contributed by atoms with E-state index in [1.54, 1.807) is 5.38 Å². The van der Waals surface area contributed by atoms with Crippen molar-refractivity contribution in [3.63, 3.8) is 0 Å². The van der Waals surface area contributed by atoms with Crippen LogP contribution in [0.5, 0.6) is 5.75 Å². The molecule has 7 nitrogen and oxygen atoms in total. The average molecular weight is 589 g/mol. The molecule has 0 fully saturated rings. The first kappa shape index (κ1) is 26.9. The van der Waals surface area contributed by atoms with Crippen LogP contribution in [0.25, 0.3) is 10.2 Å². The number of nitrogens with one attached hydrogen (secondary N) is 2. The summed E-state index contributed by atoms with van der Waals surface area (Å²) in [5.41, 5.74) is 2.02. The van der Waals surface area contributed by atoms with Gasteiger partial charge in [-0.1, -0.05) is 37.0 Å². The third-order valence-corrected chi connectivity index (χ3v) is 8.39. The number of unbranched alkanes of at least 4 members (excludes halogenated alkanes) is 1. The highest BCUT2D eigenvalue weighted by atomic mass is 79.9. The number of halogens is 3. The summed E-state index contributed by atoms with van der Waals surface area (Å²) < 4.78 is 6.85. The van der Waals surface area contributed by atoms with Crippen LogP contribution >= 0.6 is 50.5 Å². The van der Waals surface area contributed by atoms with Crippen molar-refractivity contribution in [2.75, 3.05) is 43.9 Å². The molecule has 0 radical (unpaired) electrons. The smallest absolute Gasteiger partial charge is 0.258 e. The molecule has 0 saturated carbocycles. The number of methoxy groups -OCH3 is 1. The predicted octanol–water partition coefficient (Wildman–Crippen LogP) is 6.86. The number of fused-ring (bicyclic) bond motifs is 1. The van der Waals surface area contributed by atoms with Crippen molar-refractivity contribution in [1.29, 1.82) is 0 Å². The van der Waals surface area contributed by atoms with E-state index in [-0.39, 0.29) is 10.9 Å². The number of aromatic nitrogens is 2. The Bertz CT molecular complexity index is 1170. The molecule has 184 valence electrons. The molecule has 0 saturated heterocycles. The monoisotopic (exact) mass is 587 g/mol. The van der Waals surface area contributed by atoms with Crippen molar-refractivity contribution in [2.45, 2.75) is 33.6 Å². The number of anilines is 2. The van der Waals surface area contributed by atoms with Crippen molar-refractivity contribution in [3.05, 3.63) is 37.4 Å². The van der Waals surface area contributed by atoms with Gasteiger partial charge in [0, 0.05) is 11.9 Å². The second kappa shape index (κ2) is 12.4. The Hall–Kier alpha value is -1.65. The first-order chi connectivity index (χ1) is 16.3. The quantitative estimate of drug-likeness (QED) is 0.238. The SMILES string of the molecule is CCN(CC)CCCCNc1ncnc2c(C(=O)Nc3c(Cl)c(C)c(Br)c(OC)c3Cl)csc12. The number of benzene rings is 1. The molecule has 0 aliphatic rings. The first-order valence-corrected chi connectivity index (χ1v) is 13.5. The number of ether oxygens (including phenoxy) is 1. The highest BCUT2D eigenvalue weighted by Gasteiger charge is 2.23. The van der Waals surface area contributed by atoms with E-state index >= 15 is 0 Å². The zero-order chi connectivity index (χ0) is 24.8. The lowest BCUT2D eigenvalue weighted by Crippen LogP contribution is -2.24. The van der Waals surface area contributed by atoms with Crippen LogP contribution in [0.2, 0.25) is 10.0 Å². The van der Waals surface area contributed by atoms with Crippen LogP contribution in [0, 0.1) is 6.92 Å². The summed E-state index contributed by atoms with van der Waals surface area (Å²) in [6.07, 6.45) is 3.61. The third kappa shape index (κ3) is 5.76. The summed E-state index contributed by atoms with van der Waals surface area (Å²) in [6.45, 7) is 10.2. The van der Waals surface area contributed by atoms with E-state index in [2.05, 4.69) is 55.3 Å². The van der Waals surface area contributed by atoms with Gasteiger partial charge in [-0.25, -0.2) is 9.97 Å². The van der Waals surface area contributed by atoms with Crippen LogP contribution in [-0.4, -0.2) is 54.1 Å². The van der Waals surface area contributed by atoms with Gasteiger partial charge in [-0.2, -0.15) is 0 Å². The normalized spacial score (nSPS) is 11.3. The number of amides is 1. The van der Waals surface area contributed by atoms with Crippen LogP contribution in [0.3, 0.4) is 0 Å². The Kier molecular flexibility index (Phi) is 9.79. The Labute approximate surface area is 222 Å². The molecule has 2 heterocycles. The van der Waals surface area contributed by atoms with Gasteiger partial charge in [-0.3, -0.25) is 4.79 Å². The van der Waals surface area contributed by atoms with Crippen molar-refractivity contribution in [1.82, 2.24) is 14.9 Å². The van der Waals surface area contributed by atoms with Gasteiger partial charge in [0.25, 0.3) is 5.91 Å². The van der Waals surface area contributed by atoms with Gasteiger partial charge in [0.1, 0.15) is 17.2 Å². The molecule has 0 atom stereocenters. The maximum atomic E-state index is 13.2. The minimum atomic E-state index is -0.359. The van der Waals surface area contributed by atoms with E-state index in [0.717, 1.165) is 49.5 Å². The van der Waals surface area contributed by atoms with Gasteiger partial charge in [0.05, 0.1) is 38.1 Å². The van der Waals surface area contributed by atoms with Crippen molar-refractivity contribution < 1.29 is 9.53 Å². The molecule has 2 N–H and O–H groups in total. The molecule has 3 aromatic rings. The number of carbonyl (C=O) groups excluding carboxylic acids is 1. The minimum absolute atomic E-state index is 0.222. The fourth-order valence-corrected chi connectivity index (χ4v) is 5.92. The highest BCUT2D eigenvalue weighted by molar-refractivity contribution is 9.10. The van der Waals surface area contributed by atoms with Crippen molar-refractivity contribution >= 4 is 78.1 Å². The summed E-state index contributed by atoms with van der Waals surface area (Å²) in [4.78, 5) is 24.3. The Morgan fingerprint density at radius 1 is 1.21 bits per heavy atom. The lowest BCUT2D eigenvalue weighted by Gasteiger charge is -2.17. The lowest BCUT2D eigenvalue weighted by atomic mass is 10.2.